The Balaban J connectivity index is 1.71. The summed E-state index contributed by atoms with van der Waals surface area (Å²) in [4.78, 5) is 29.9. The first-order valence-electron chi connectivity index (χ1n) is 6.36. The highest BCUT2D eigenvalue weighted by atomic mass is 32.2. The Kier molecular flexibility index (Phi) is 3.38. The molecule has 1 saturated heterocycles. The van der Waals surface area contributed by atoms with E-state index in [1.165, 1.54) is 11.8 Å². The van der Waals surface area contributed by atoms with Gasteiger partial charge < -0.3 is 0 Å². The maximum absolute atomic E-state index is 12.2. The van der Waals surface area contributed by atoms with Crippen LogP contribution in [0.25, 0.3) is 0 Å². The fraction of sp³-hybridized carbons (Fsp3) is 0.357. The highest BCUT2D eigenvalue weighted by molar-refractivity contribution is 8.14. The van der Waals surface area contributed by atoms with Crippen molar-refractivity contribution in [2.45, 2.75) is 12.8 Å². The molecule has 0 aliphatic carbocycles. The molecule has 1 unspecified atom stereocenters. The second kappa shape index (κ2) is 5.17. The molecule has 0 N–H and O–H groups in total. The first kappa shape index (κ1) is 12.4. The molecule has 2 amide bonds. The van der Waals surface area contributed by atoms with Gasteiger partial charge in [0.2, 0.25) is 5.91 Å². The van der Waals surface area contributed by atoms with Gasteiger partial charge in [0, 0.05) is 12.3 Å². The molecule has 1 atom stereocenters. The quantitative estimate of drug-likeness (QED) is 0.788. The summed E-state index contributed by atoms with van der Waals surface area (Å²) in [6.45, 7) is 0.678. The second-order valence-electron chi connectivity index (χ2n) is 4.65. The lowest BCUT2D eigenvalue weighted by Crippen LogP contribution is -2.44. The van der Waals surface area contributed by atoms with Crippen LogP contribution in [0.1, 0.15) is 12.0 Å². The van der Waals surface area contributed by atoms with Crippen LogP contribution in [0.15, 0.2) is 35.3 Å². The summed E-state index contributed by atoms with van der Waals surface area (Å²) in [5.41, 5.74) is 1.15. The number of amides is 2. The Labute approximate surface area is 115 Å². The zero-order valence-electron chi connectivity index (χ0n) is 10.4. The number of aryl methyl sites for hydroxylation is 1. The number of carbonyl (C=O) groups is 2. The molecule has 1 aromatic carbocycles. The van der Waals surface area contributed by atoms with Crippen LogP contribution in [-0.4, -0.2) is 34.2 Å². The Bertz CT molecular complexity index is 542. The van der Waals surface area contributed by atoms with Crippen LogP contribution in [0.2, 0.25) is 0 Å². The molecule has 0 radical (unpaired) electrons. The predicted octanol–water partition coefficient (Wildman–Crippen LogP) is 1.71. The summed E-state index contributed by atoms with van der Waals surface area (Å²) < 4.78 is 0. The van der Waals surface area contributed by atoms with Crippen molar-refractivity contribution in [2.75, 3.05) is 12.3 Å². The molecular weight excluding hydrogens is 260 g/mol. The summed E-state index contributed by atoms with van der Waals surface area (Å²) in [6.07, 6.45) is 1.27. The van der Waals surface area contributed by atoms with Crippen molar-refractivity contribution in [3.8, 4) is 0 Å². The maximum atomic E-state index is 12.2. The molecule has 1 aromatic rings. The van der Waals surface area contributed by atoms with E-state index in [2.05, 4.69) is 4.99 Å². The van der Waals surface area contributed by atoms with Gasteiger partial charge in [0.05, 0.1) is 0 Å². The van der Waals surface area contributed by atoms with E-state index in [1.807, 2.05) is 30.3 Å². The van der Waals surface area contributed by atoms with Crippen LogP contribution < -0.4 is 0 Å². The molecule has 0 bridgehead atoms. The van der Waals surface area contributed by atoms with Crippen molar-refractivity contribution in [3.63, 3.8) is 0 Å². The van der Waals surface area contributed by atoms with Crippen LogP contribution in [-0.2, 0) is 16.0 Å². The summed E-state index contributed by atoms with van der Waals surface area (Å²) in [5, 5.41) is 0.589. The van der Waals surface area contributed by atoms with Crippen LogP contribution >= 0.6 is 11.8 Å². The van der Waals surface area contributed by atoms with Crippen LogP contribution in [0, 0.1) is 5.92 Å². The molecule has 19 heavy (non-hydrogen) atoms. The summed E-state index contributed by atoms with van der Waals surface area (Å²) >= 11 is 1.48. The maximum Gasteiger partial charge on any atom is 0.260 e. The van der Waals surface area contributed by atoms with Crippen LogP contribution in [0.4, 0.5) is 0 Å². The number of thioether (sulfide) groups is 1. The van der Waals surface area contributed by atoms with Crippen molar-refractivity contribution in [2.24, 2.45) is 10.9 Å². The number of nitrogens with zero attached hydrogens (tertiary/aromatic N) is 2. The van der Waals surface area contributed by atoms with E-state index >= 15 is 0 Å². The van der Waals surface area contributed by atoms with E-state index in [1.54, 1.807) is 4.90 Å². The molecular formula is C14H14N2O2S. The fourth-order valence-electron chi connectivity index (χ4n) is 2.37. The fourth-order valence-corrected chi connectivity index (χ4v) is 3.32. The monoisotopic (exact) mass is 274 g/mol. The Morgan fingerprint density at radius 1 is 1.26 bits per heavy atom. The number of aliphatic imine (C=N–C) groups is 1. The van der Waals surface area contributed by atoms with E-state index in [0.29, 0.717) is 18.1 Å². The Morgan fingerprint density at radius 2 is 2.05 bits per heavy atom. The van der Waals surface area contributed by atoms with Crippen molar-refractivity contribution in [1.82, 2.24) is 4.90 Å². The van der Waals surface area contributed by atoms with Crippen molar-refractivity contribution in [1.29, 1.82) is 0 Å². The Hall–Kier alpha value is -1.62. The topological polar surface area (TPSA) is 49.7 Å². The van der Waals surface area contributed by atoms with Crippen LogP contribution in [0.5, 0.6) is 0 Å². The van der Waals surface area contributed by atoms with Gasteiger partial charge in [-0.1, -0.05) is 42.1 Å². The number of benzene rings is 1. The standard InChI is InChI=1S/C14H14N2O2S/c17-12-11(7-6-10-4-2-1-3-5-10)13(18)16-8-9-19-14(16)15-12/h1-5,11H,6-9H2. The molecule has 2 aliphatic heterocycles. The van der Waals surface area contributed by atoms with Gasteiger partial charge in [-0.15, -0.1) is 0 Å². The zero-order chi connectivity index (χ0) is 13.2. The SMILES string of the molecule is O=C1N=C2SCCN2C(=O)C1CCc1ccccc1. The lowest BCUT2D eigenvalue weighted by atomic mass is 9.96. The average Bonchev–Trinajstić information content (AvgIpc) is 2.88. The largest absolute Gasteiger partial charge is 0.290 e. The van der Waals surface area contributed by atoms with Gasteiger partial charge in [-0.25, -0.2) is 0 Å². The van der Waals surface area contributed by atoms with Crippen molar-refractivity contribution in [3.05, 3.63) is 35.9 Å². The van der Waals surface area contributed by atoms with Crippen molar-refractivity contribution < 1.29 is 9.59 Å². The average molecular weight is 274 g/mol. The first-order chi connectivity index (χ1) is 9.25. The van der Waals surface area contributed by atoms with Crippen LogP contribution in [0.3, 0.4) is 0 Å². The highest BCUT2D eigenvalue weighted by Gasteiger charge is 2.39. The molecule has 0 saturated carbocycles. The first-order valence-corrected chi connectivity index (χ1v) is 7.35. The van der Waals surface area contributed by atoms with Gasteiger partial charge in [-0.05, 0) is 18.4 Å². The molecule has 0 aromatic heterocycles. The number of fused-ring (bicyclic) bond motifs is 1. The number of amidine groups is 1. The van der Waals surface area contributed by atoms with Crippen molar-refractivity contribution >= 4 is 28.7 Å². The third kappa shape index (κ3) is 2.42. The molecule has 1 fully saturated rings. The van der Waals surface area contributed by atoms with Gasteiger partial charge in [0.1, 0.15) is 5.92 Å². The molecule has 5 heteroatoms. The van der Waals surface area contributed by atoms with Gasteiger partial charge in [-0.3, -0.25) is 14.5 Å². The lowest BCUT2D eigenvalue weighted by Gasteiger charge is -2.25. The number of hydrogen-bond acceptors (Lipinski definition) is 3. The predicted molar refractivity (Wildman–Crippen MR) is 74.9 cm³/mol. The normalized spacial score (nSPS) is 22.4. The van der Waals surface area contributed by atoms with Gasteiger partial charge in [0.15, 0.2) is 5.17 Å². The van der Waals surface area contributed by atoms with Gasteiger partial charge in [0.25, 0.3) is 5.91 Å². The summed E-state index contributed by atoms with van der Waals surface area (Å²) in [6, 6.07) is 9.91. The minimum Gasteiger partial charge on any atom is -0.290 e. The zero-order valence-corrected chi connectivity index (χ0v) is 11.2. The summed E-state index contributed by atoms with van der Waals surface area (Å²) in [5.74, 6) is -0.108. The van der Waals surface area contributed by atoms with E-state index in [9.17, 15) is 9.59 Å². The van der Waals surface area contributed by atoms with E-state index in [-0.39, 0.29) is 11.8 Å². The van der Waals surface area contributed by atoms with E-state index < -0.39 is 5.92 Å². The smallest absolute Gasteiger partial charge is 0.260 e. The minimum absolute atomic E-state index is 0.0732. The van der Waals surface area contributed by atoms with Gasteiger partial charge in [-0.2, -0.15) is 4.99 Å². The molecule has 0 spiro atoms. The number of carbonyl (C=O) groups excluding carboxylic acids is 2. The Morgan fingerprint density at radius 3 is 2.84 bits per heavy atom. The molecule has 2 heterocycles. The molecule has 2 aliphatic rings. The highest BCUT2D eigenvalue weighted by Crippen LogP contribution is 2.27. The second-order valence-corrected chi connectivity index (χ2v) is 5.71. The lowest BCUT2D eigenvalue weighted by molar-refractivity contribution is -0.139. The molecule has 4 nitrogen and oxygen atoms in total. The van der Waals surface area contributed by atoms with E-state index in [0.717, 1.165) is 17.7 Å². The number of rotatable bonds is 3. The third-order valence-corrected chi connectivity index (χ3v) is 4.37. The number of hydrogen-bond donors (Lipinski definition) is 0. The van der Waals surface area contributed by atoms with Gasteiger partial charge >= 0.3 is 0 Å². The third-order valence-electron chi connectivity index (χ3n) is 3.41. The minimum atomic E-state index is -0.595. The summed E-state index contributed by atoms with van der Waals surface area (Å²) in [7, 11) is 0. The van der Waals surface area contributed by atoms with E-state index in [4.69, 9.17) is 0 Å². The molecule has 3 rings (SSSR count). The molecule has 98 valence electrons.